The van der Waals surface area contributed by atoms with Gasteiger partial charge < -0.3 is 15.1 Å². The molecular weight excluding hydrogens is 252 g/mol. The first kappa shape index (κ1) is 15.2. The van der Waals surface area contributed by atoms with Crippen LogP contribution in [0.3, 0.4) is 0 Å². The number of fused-ring (bicyclic) bond motifs is 2. The lowest BCUT2D eigenvalue weighted by molar-refractivity contribution is -0.159. The van der Waals surface area contributed by atoms with E-state index in [2.05, 4.69) is 16.6 Å². The summed E-state index contributed by atoms with van der Waals surface area (Å²) in [6.45, 7) is 9.71. The van der Waals surface area contributed by atoms with E-state index in [1.54, 1.807) is 0 Å². The molecule has 2 aliphatic heterocycles. The predicted octanol–water partition coefficient (Wildman–Crippen LogP) is 0.426. The normalized spacial score (nSPS) is 25.6. The van der Waals surface area contributed by atoms with Gasteiger partial charge in [-0.15, -0.1) is 0 Å². The molecule has 7 nitrogen and oxygen atoms in total. The molecule has 0 aromatic rings. The van der Waals surface area contributed by atoms with Crippen molar-refractivity contribution >= 4 is 17.7 Å². The average Bonchev–Trinajstić information content (AvgIpc) is 2.91. The van der Waals surface area contributed by atoms with Crippen LogP contribution in [0.2, 0.25) is 0 Å². The molecule has 2 rings (SSSR count). The van der Waals surface area contributed by atoms with E-state index in [-0.39, 0.29) is 0 Å². The van der Waals surface area contributed by atoms with Gasteiger partial charge in [-0.1, -0.05) is 11.7 Å². The van der Waals surface area contributed by atoms with Crippen LogP contribution in [-0.2, 0) is 14.4 Å². The smallest absolute Gasteiger partial charge is 0.414 e. The second kappa shape index (κ2) is 6.89. The van der Waals surface area contributed by atoms with Gasteiger partial charge in [-0.2, -0.15) is 0 Å². The highest BCUT2D eigenvalue weighted by Gasteiger charge is 2.35. The van der Waals surface area contributed by atoms with Gasteiger partial charge in [-0.05, 0) is 25.5 Å². The number of aliphatic carboxylic acids is 2. The zero-order valence-corrected chi connectivity index (χ0v) is 10.8. The lowest BCUT2D eigenvalue weighted by Crippen LogP contribution is -2.23. The molecule has 7 heteroatoms. The Balaban J connectivity index is 0.000000258. The van der Waals surface area contributed by atoms with Gasteiger partial charge in [0.05, 0.1) is 5.71 Å². The fraction of sp³-hybridized carbons (Fsp3) is 0.583. The summed E-state index contributed by atoms with van der Waals surface area (Å²) in [4.78, 5) is 25.8. The standard InChI is InChI=1S/C10H16N2O.C2H2O4/c1-8(2)7-13-11-10-6-12-4-3-9(10)5-12;3-1(4)2(5)6/h9H,1,3-7H2,2H3;(H,3,4)(H,5,6)/b11-10+;. The summed E-state index contributed by atoms with van der Waals surface area (Å²) in [5, 5.41) is 18.9. The average molecular weight is 270 g/mol. The first-order valence-corrected chi connectivity index (χ1v) is 5.91. The molecule has 2 aliphatic rings. The van der Waals surface area contributed by atoms with E-state index in [9.17, 15) is 0 Å². The molecule has 0 aromatic carbocycles. The Hall–Kier alpha value is -1.89. The molecule has 19 heavy (non-hydrogen) atoms. The Bertz CT molecular complexity index is 393. The molecule has 2 fully saturated rings. The highest BCUT2D eigenvalue weighted by Crippen LogP contribution is 2.25. The van der Waals surface area contributed by atoms with Gasteiger partial charge in [0.1, 0.15) is 6.61 Å². The van der Waals surface area contributed by atoms with Crippen molar-refractivity contribution in [1.29, 1.82) is 0 Å². The van der Waals surface area contributed by atoms with Crippen molar-refractivity contribution in [2.75, 3.05) is 26.2 Å². The van der Waals surface area contributed by atoms with Gasteiger partial charge in [0.15, 0.2) is 0 Å². The summed E-state index contributed by atoms with van der Waals surface area (Å²) in [5.41, 5.74) is 2.25. The number of rotatable bonds is 3. The van der Waals surface area contributed by atoms with E-state index in [0.29, 0.717) is 12.5 Å². The van der Waals surface area contributed by atoms with Crippen LogP contribution in [0.25, 0.3) is 0 Å². The quantitative estimate of drug-likeness (QED) is 0.438. The van der Waals surface area contributed by atoms with Crippen molar-refractivity contribution < 1.29 is 24.6 Å². The van der Waals surface area contributed by atoms with E-state index in [1.165, 1.54) is 25.2 Å². The Labute approximate surface area is 111 Å². The maximum atomic E-state index is 9.10. The summed E-state index contributed by atoms with van der Waals surface area (Å²) in [6, 6.07) is 0. The zero-order valence-electron chi connectivity index (χ0n) is 10.8. The van der Waals surface area contributed by atoms with Crippen molar-refractivity contribution in [3.05, 3.63) is 12.2 Å². The SMILES string of the molecule is C=C(C)CO/N=C1\CN2CCC1C2.O=C(O)C(=O)O. The van der Waals surface area contributed by atoms with Crippen molar-refractivity contribution in [3.8, 4) is 0 Å². The van der Waals surface area contributed by atoms with E-state index in [4.69, 9.17) is 24.6 Å². The minimum absolute atomic E-state index is 0.552. The monoisotopic (exact) mass is 270 g/mol. The van der Waals surface area contributed by atoms with E-state index in [0.717, 1.165) is 12.1 Å². The molecule has 106 valence electrons. The van der Waals surface area contributed by atoms with Crippen LogP contribution in [0.5, 0.6) is 0 Å². The molecule has 0 saturated carbocycles. The van der Waals surface area contributed by atoms with Gasteiger partial charge >= 0.3 is 11.9 Å². The third kappa shape index (κ3) is 5.09. The second-order valence-electron chi connectivity index (χ2n) is 4.64. The van der Waals surface area contributed by atoms with Crippen molar-refractivity contribution in [1.82, 2.24) is 4.90 Å². The Morgan fingerprint density at radius 3 is 2.47 bits per heavy atom. The summed E-state index contributed by atoms with van der Waals surface area (Å²) in [7, 11) is 0. The molecule has 2 heterocycles. The number of piperidine rings is 1. The molecule has 2 saturated heterocycles. The number of hydrogen-bond donors (Lipinski definition) is 2. The highest BCUT2D eigenvalue weighted by atomic mass is 16.6. The third-order valence-electron chi connectivity index (χ3n) is 2.80. The van der Waals surface area contributed by atoms with Crippen LogP contribution >= 0.6 is 0 Å². The number of carboxylic acids is 2. The number of carbonyl (C=O) groups is 2. The van der Waals surface area contributed by atoms with Crippen LogP contribution < -0.4 is 0 Å². The Kier molecular flexibility index (Phi) is 5.50. The summed E-state index contributed by atoms with van der Waals surface area (Å²) in [5.74, 6) is -2.98. The molecule has 0 amide bonds. The lowest BCUT2D eigenvalue weighted by Gasteiger charge is -2.12. The molecule has 0 aromatic heterocycles. The van der Waals surface area contributed by atoms with Gasteiger partial charge in [-0.25, -0.2) is 9.59 Å². The highest BCUT2D eigenvalue weighted by molar-refractivity contribution is 6.27. The van der Waals surface area contributed by atoms with Crippen LogP contribution in [0.1, 0.15) is 13.3 Å². The summed E-state index contributed by atoms with van der Waals surface area (Å²) >= 11 is 0. The maximum Gasteiger partial charge on any atom is 0.414 e. The van der Waals surface area contributed by atoms with Crippen molar-refractivity contribution in [2.45, 2.75) is 13.3 Å². The Morgan fingerprint density at radius 2 is 2.11 bits per heavy atom. The van der Waals surface area contributed by atoms with Gasteiger partial charge in [0.25, 0.3) is 0 Å². The van der Waals surface area contributed by atoms with Crippen LogP contribution in [0.15, 0.2) is 17.3 Å². The van der Waals surface area contributed by atoms with Crippen LogP contribution in [0, 0.1) is 5.92 Å². The second-order valence-corrected chi connectivity index (χ2v) is 4.64. The predicted molar refractivity (Wildman–Crippen MR) is 68.0 cm³/mol. The molecule has 2 unspecified atom stereocenters. The van der Waals surface area contributed by atoms with Gasteiger partial charge in [-0.3, -0.25) is 4.90 Å². The molecule has 2 atom stereocenters. The number of hydrogen-bond acceptors (Lipinski definition) is 5. The van der Waals surface area contributed by atoms with Crippen LogP contribution in [0.4, 0.5) is 0 Å². The molecule has 2 bridgehead atoms. The minimum Gasteiger partial charge on any atom is -0.473 e. The molecule has 0 spiro atoms. The number of carboxylic acid groups (broad SMARTS) is 2. The Morgan fingerprint density at radius 1 is 1.47 bits per heavy atom. The van der Waals surface area contributed by atoms with Gasteiger partial charge in [0, 0.05) is 19.0 Å². The summed E-state index contributed by atoms with van der Waals surface area (Å²) < 4.78 is 0. The van der Waals surface area contributed by atoms with E-state index >= 15 is 0 Å². The topological polar surface area (TPSA) is 99.4 Å². The maximum absolute atomic E-state index is 9.10. The fourth-order valence-electron chi connectivity index (χ4n) is 1.94. The first-order valence-electron chi connectivity index (χ1n) is 5.91. The van der Waals surface area contributed by atoms with E-state index in [1.807, 2.05) is 6.92 Å². The van der Waals surface area contributed by atoms with Crippen molar-refractivity contribution in [3.63, 3.8) is 0 Å². The van der Waals surface area contributed by atoms with Crippen LogP contribution in [-0.4, -0.2) is 59.0 Å². The number of nitrogens with zero attached hydrogens (tertiary/aromatic N) is 2. The molecular formula is C12H18N2O5. The lowest BCUT2D eigenvalue weighted by atomic mass is 10.0. The summed E-state index contributed by atoms with van der Waals surface area (Å²) in [6.07, 6.45) is 1.26. The van der Waals surface area contributed by atoms with E-state index < -0.39 is 11.9 Å². The number of oxime groups is 1. The third-order valence-corrected chi connectivity index (χ3v) is 2.80. The van der Waals surface area contributed by atoms with Crippen molar-refractivity contribution in [2.24, 2.45) is 11.1 Å². The largest absolute Gasteiger partial charge is 0.473 e. The van der Waals surface area contributed by atoms with Gasteiger partial charge in [0.2, 0.25) is 0 Å². The minimum atomic E-state index is -1.82. The first-order chi connectivity index (χ1) is 8.90. The molecule has 2 N–H and O–H groups in total. The molecule has 0 aliphatic carbocycles. The zero-order chi connectivity index (χ0) is 14.4. The fourth-order valence-corrected chi connectivity index (χ4v) is 1.94. The molecule has 0 radical (unpaired) electrons.